The third-order valence-corrected chi connectivity index (χ3v) is 9.32. The van der Waals surface area contributed by atoms with E-state index in [2.05, 4.69) is 24.2 Å². The Kier molecular flexibility index (Phi) is 10.1. The molecule has 1 fully saturated rings. The number of aryl methyl sites for hydroxylation is 1. The van der Waals surface area contributed by atoms with E-state index in [1.807, 2.05) is 67.2 Å². The maximum atomic E-state index is 13.6. The van der Waals surface area contributed by atoms with E-state index in [1.165, 1.54) is 32.1 Å². The van der Waals surface area contributed by atoms with Crippen LogP contribution in [0.5, 0.6) is 5.75 Å². The standard InChI is InChI=1S/C35H48N4O4/c1-24-19-39(25(2)23-40)35(42)18-27-16-29(36-34(41)17-28-21-38(4)31-13-9-8-12-30(28)31)14-15-32(27)43-33(24)22-37(3)20-26-10-6-5-7-11-26/h8-9,12-16,21,24-26,33,40H,5-7,10-11,17-20,22-23H2,1-4H3,(H,36,41)/t24-,25-,33-/m1/s1. The Bertz CT molecular complexity index is 1410. The molecule has 3 aromatic rings. The summed E-state index contributed by atoms with van der Waals surface area (Å²) in [5.74, 6) is 1.32. The Morgan fingerprint density at radius 3 is 2.67 bits per heavy atom. The highest BCUT2D eigenvalue weighted by Gasteiger charge is 2.31. The molecule has 2 aliphatic rings. The summed E-state index contributed by atoms with van der Waals surface area (Å²) in [6.45, 7) is 6.26. The first-order chi connectivity index (χ1) is 20.7. The van der Waals surface area contributed by atoms with Crippen LogP contribution in [0.15, 0.2) is 48.7 Å². The van der Waals surface area contributed by atoms with E-state index in [0.29, 0.717) is 18.0 Å². The smallest absolute Gasteiger partial charge is 0.228 e. The summed E-state index contributed by atoms with van der Waals surface area (Å²) < 4.78 is 8.75. The predicted molar refractivity (Wildman–Crippen MR) is 171 cm³/mol. The second-order valence-corrected chi connectivity index (χ2v) is 12.9. The molecule has 3 atom stereocenters. The molecule has 232 valence electrons. The van der Waals surface area contributed by atoms with E-state index in [-0.39, 0.29) is 49.3 Å². The molecule has 2 heterocycles. The van der Waals surface area contributed by atoms with Gasteiger partial charge in [-0.15, -0.1) is 0 Å². The van der Waals surface area contributed by atoms with E-state index in [0.717, 1.165) is 41.0 Å². The summed E-state index contributed by atoms with van der Waals surface area (Å²) in [5, 5.41) is 14.1. The van der Waals surface area contributed by atoms with Crippen molar-refractivity contribution in [3.05, 3.63) is 59.8 Å². The van der Waals surface area contributed by atoms with Crippen molar-refractivity contribution in [2.75, 3.05) is 38.6 Å². The lowest BCUT2D eigenvalue weighted by Crippen LogP contribution is -2.48. The van der Waals surface area contributed by atoms with Crippen LogP contribution in [-0.2, 0) is 29.5 Å². The Morgan fingerprint density at radius 2 is 1.91 bits per heavy atom. The summed E-state index contributed by atoms with van der Waals surface area (Å²) in [4.78, 5) is 30.9. The van der Waals surface area contributed by atoms with Crippen molar-refractivity contribution in [1.29, 1.82) is 0 Å². The van der Waals surface area contributed by atoms with Gasteiger partial charge >= 0.3 is 0 Å². The first-order valence-electron chi connectivity index (χ1n) is 15.9. The lowest BCUT2D eigenvalue weighted by molar-refractivity contribution is -0.134. The fourth-order valence-electron chi connectivity index (χ4n) is 6.86. The Labute approximate surface area is 256 Å². The molecule has 8 heteroatoms. The number of nitrogens with one attached hydrogen (secondary N) is 1. The zero-order valence-electron chi connectivity index (χ0n) is 26.2. The van der Waals surface area contributed by atoms with Crippen LogP contribution in [0, 0.1) is 11.8 Å². The SMILES string of the molecule is C[C@@H]1CN([C@H](C)CO)C(=O)Cc2cc(NC(=O)Cc3cn(C)c4ccccc34)ccc2O[C@@H]1CN(C)CC1CCCCC1. The summed E-state index contributed by atoms with van der Waals surface area (Å²) in [6.07, 6.45) is 8.84. The van der Waals surface area contributed by atoms with Gasteiger partial charge in [-0.1, -0.05) is 44.4 Å². The molecular formula is C35H48N4O4. The van der Waals surface area contributed by atoms with Crippen LogP contribution in [0.2, 0.25) is 0 Å². The van der Waals surface area contributed by atoms with Gasteiger partial charge in [0.25, 0.3) is 0 Å². The van der Waals surface area contributed by atoms with E-state index in [9.17, 15) is 14.7 Å². The molecule has 5 rings (SSSR count). The van der Waals surface area contributed by atoms with Crippen molar-refractivity contribution in [2.45, 2.75) is 70.9 Å². The molecule has 1 aromatic heterocycles. The van der Waals surface area contributed by atoms with E-state index in [4.69, 9.17) is 4.74 Å². The van der Waals surface area contributed by atoms with Crippen LogP contribution in [0.3, 0.4) is 0 Å². The molecular weight excluding hydrogens is 540 g/mol. The number of benzene rings is 2. The van der Waals surface area contributed by atoms with Crippen molar-refractivity contribution in [2.24, 2.45) is 18.9 Å². The quantitative estimate of drug-likeness (QED) is 0.367. The Balaban J connectivity index is 1.35. The second-order valence-electron chi connectivity index (χ2n) is 12.9. The van der Waals surface area contributed by atoms with Gasteiger partial charge in [0.15, 0.2) is 0 Å². The molecule has 1 aliphatic carbocycles. The van der Waals surface area contributed by atoms with Crippen molar-refractivity contribution < 1.29 is 19.4 Å². The number of carbonyl (C=O) groups is 2. The number of anilines is 1. The number of aromatic nitrogens is 1. The van der Waals surface area contributed by atoms with Gasteiger partial charge in [0.1, 0.15) is 11.9 Å². The fraction of sp³-hybridized carbons (Fsp3) is 0.543. The number of nitrogens with zero attached hydrogens (tertiary/aromatic N) is 3. The maximum Gasteiger partial charge on any atom is 0.228 e. The largest absolute Gasteiger partial charge is 0.488 e. The number of likely N-dealkylation sites (N-methyl/N-ethyl adjacent to an activating group) is 1. The van der Waals surface area contributed by atoms with Gasteiger partial charge in [0.2, 0.25) is 11.8 Å². The van der Waals surface area contributed by atoms with E-state index >= 15 is 0 Å². The number of ether oxygens (including phenoxy) is 1. The highest BCUT2D eigenvalue weighted by atomic mass is 16.5. The number of amides is 2. The zero-order valence-corrected chi connectivity index (χ0v) is 26.2. The highest BCUT2D eigenvalue weighted by molar-refractivity contribution is 5.96. The zero-order chi connectivity index (χ0) is 30.5. The number of para-hydroxylation sites is 1. The average molecular weight is 589 g/mol. The van der Waals surface area contributed by atoms with Gasteiger partial charge in [-0.3, -0.25) is 9.59 Å². The second kappa shape index (κ2) is 14.0. The summed E-state index contributed by atoms with van der Waals surface area (Å²) in [5.41, 5.74) is 3.45. The maximum absolute atomic E-state index is 13.6. The average Bonchev–Trinajstić information content (AvgIpc) is 3.32. The molecule has 2 aromatic carbocycles. The summed E-state index contributed by atoms with van der Waals surface area (Å²) in [6, 6.07) is 13.4. The van der Waals surface area contributed by atoms with Crippen LogP contribution in [0.4, 0.5) is 5.69 Å². The van der Waals surface area contributed by atoms with Gasteiger partial charge < -0.3 is 29.5 Å². The van der Waals surface area contributed by atoms with Crippen LogP contribution in [0.25, 0.3) is 10.9 Å². The monoisotopic (exact) mass is 588 g/mol. The molecule has 0 spiro atoms. The first-order valence-corrected chi connectivity index (χ1v) is 15.9. The molecule has 0 saturated heterocycles. The lowest BCUT2D eigenvalue weighted by Gasteiger charge is -2.35. The number of fused-ring (bicyclic) bond motifs is 2. The first kappa shape index (κ1) is 31.1. The normalized spacial score (nSPS) is 20.7. The molecule has 0 bridgehead atoms. The molecule has 1 saturated carbocycles. The minimum atomic E-state index is -0.291. The summed E-state index contributed by atoms with van der Waals surface area (Å²) in [7, 11) is 4.16. The van der Waals surface area contributed by atoms with Crippen molar-refractivity contribution in [3.63, 3.8) is 0 Å². The van der Waals surface area contributed by atoms with Gasteiger partial charge in [0.05, 0.1) is 25.5 Å². The van der Waals surface area contributed by atoms with Crippen molar-refractivity contribution >= 4 is 28.4 Å². The minimum Gasteiger partial charge on any atom is -0.488 e. The Morgan fingerprint density at radius 1 is 1.14 bits per heavy atom. The van der Waals surface area contributed by atoms with Gasteiger partial charge in [-0.25, -0.2) is 0 Å². The molecule has 0 radical (unpaired) electrons. The van der Waals surface area contributed by atoms with E-state index < -0.39 is 0 Å². The molecule has 0 unspecified atom stereocenters. The third-order valence-electron chi connectivity index (χ3n) is 9.32. The number of aliphatic hydroxyl groups is 1. The van der Waals surface area contributed by atoms with Gasteiger partial charge in [-0.2, -0.15) is 0 Å². The highest BCUT2D eigenvalue weighted by Crippen LogP contribution is 2.30. The topological polar surface area (TPSA) is 87.0 Å². The number of hydrogen-bond acceptors (Lipinski definition) is 5. The third kappa shape index (κ3) is 7.60. The number of rotatable bonds is 9. The fourth-order valence-corrected chi connectivity index (χ4v) is 6.86. The van der Waals surface area contributed by atoms with Gasteiger partial charge in [-0.05, 0) is 62.6 Å². The number of carbonyl (C=O) groups excluding carboxylic acids is 2. The molecule has 8 nitrogen and oxygen atoms in total. The minimum absolute atomic E-state index is 0.0475. The lowest BCUT2D eigenvalue weighted by atomic mass is 9.89. The predicted octanol–water partition coefficient (Wildman–Crippen LogP) is 5.02. The molecule has 43 heavy (non-hydrogen) atoms. The van der Waals surface area contributed by atoms with Crippen molar-refractivity contribution in [3.8, 4) is 5.75 Å². The number of aliphatic hydroxyl groups excluding tert-OH is 1. The van der Waals surface area contributed by atoms with Crippen LogP contribution < -0.4 is 10.1 Å². The van der Waals surface area contributed by atoms with Gasteiger partial charge in [0, 0.05) is 61.0 Å². The van der Waals surface area contributed by atoms with Crippen LogP contribution >= 0.6 is 0 Å². The molecule has 2 amide bonds. The number of hydrogen-bond donors (Lipinski definition) is 2. The molecule has 1 aliphatic heterocycles. The van der Waals surface area contributed by atoms with Crippen molar-refractivity contribution in [1.82, 2.24) is 14.4 Å². The molecule has 2 N–H and O–H groups in total. The van der Waals surface area contributed by atoms with Crippen LogP contribution in [-0.4, -0.2) is 76.7 Å². The summed E-state index contributed by atoms with van der Waals surface area (Å²) >= 11 is 0. The Hall–Kier alpha value is -3.36. The van der Waals surface area contributed by atoms with E-state index in [1.54, 1.807) is 4.90 Å². The van der Waals surface area contributed by atoms with Crippen LogP contribution in [0.1, 0.15) is 57.1 Å².